The topological polar surface area (TPSA) is 46.2 Å². The molecule has 0 rings (SSSR count). The highest BCUT2D eigenvalue weighted by Crippen LogP contribution is 2.09. The number of rotatable bonds is 6. The van der Waals surface area contributed by atoms with E-state index in [2.05, 4.69) is 19.2 Å². The summed E-state index contributed by atoms with van der Waals surface area (Å²) in [5.74, 6) is 0.653. The minimum Gasteiger partial charge on any atom is -0.353 e. The highest BCUT2D eigenvalue weighted by atomic mass is 16.1. The molecule has 0 saturated heterocycles. The van der Waals surface area contributed by atoms with Crippen LogP contribution in [-0.2, 0) is 9.59 Å². The van der Waals surface area contributed by atoms with Gasteiger partial charge in [-0.05, 0) is 12.3 Å². The number of nitrogens with one attached hydrogen (secondary N) is 1. The lowest BCUT2D eigenvalue weighted by Gasteiger charge is -2.18. The summed E-state index contributed by atoms with van der Waals surface area (Å²) in [7, 11) is 0. The minimum absolute atomic E-state index is 0.0138. The average molecular weight is 199 g/mol. The standard InChI is InChI=1S/C11H21NO2/c1-5-11(14)7-10(6-8(2)3)12-9(4)13/h8,10H,5-7H2,1-4H3,(H,12,13). The lowest BCUT2D eigenvalue weighted by molar-refractivity contribution is -0.121. The quantitative estimate of drug-likeness (QED) is 0.710. The summed E-state index contributed by atoms with van der Waals surface area (Å²) < 4.78 is 0. The average Bonchev–Trinajstić information content (AvgIpc) is 2.01. The molecule has 3 nitrogen and oxygen atoms in total. The molecule has 82 valence electrons. The molecule has 0 heterocycles. The molecule has 0 bridgehead atoms. The molecule has 0 fully saturated rings. The van der Waals surface area contributed by atoms with E-state index in [0.717, 1.165) is 6.42 Å². The van der Waals surface area contributed by atoms with Gasteiger partial charge in [0.05, 0.1) is 0 Å². The molecule has 14 heavy (non-hydrogen) atoms. The summed E-state index contributed by atoms with van der Waals surface area (Å²) in [4.78, 5) is 22.1. The third kappa shape index (κ3) is 6.63. The summed E-state index contributed by atoms with van der Waals surface area (Å²) in [6, 6.07) is 0.0138. The summed E-state index contributed by atoms with van der Waals surface area (Å²) in [6.45, 7) is 7.52. The van der Waals surface area contributed by atoms with Crippen LogP contribution >= 0.6 is 0 Å². The van der Waals surface area contributed by atoms with Gasteiger partial charge in [-0.15, -0.1) is 0 Å². The number of hydrogen-bond donors (Lipinski definition) is 1. The van der Waals surface area contributed by atoms with Crippen LogP contribution in [0.1, 0.15) is 47.0 Å². The zero-order chi connectivity index (χ0) is 11.1. The third-order valence-corrected chi connectivity index (χ3v) is 2.03. The van der Waals surface area contributed by atoms with Gasteiger partial charge >= 0.3 is 0 Å². The summed E-state index contributed by atoms with van der Waals surface area (Å²) in [5, 5.41) is 2.82. The van der Waals surface area contributed by atoms with Gasteiger partial charge in [0.15, 0.2) is 0 Å². The monoisotopic (exact) mass is 199 g/mol. The van der Waals surface area contributed by atoms with Crippen LogP contribution in [0.3, 0.4) is 0 Å². The van der Waals surface area contributed by atoms with Crippen molar-refractivity contribution in [3.8, 4) is 0 Å². The summed E-state index contributed by atoms with van der Waals surface area (Å²) in [5.41, 5.74) is 0. The zero-order valence-electron chi connectivity index (χ0n) is 9.59. The molecule has 0 aromatic rings. The van der Waals surface area contributed by atoms with Crippen molar-refractivity contribution < 1.29 is 9.59 Å². The fourth-order valence-electron chi connectivity index (χ4n) is 1.47. The van der Waals surface area contributed by atoms with Crippen LogP contribution in [0, 0.1) is 5.92 Å². The molecule has 0 aromatic heterocycles. The van der Waals surface area contributed by atoms with Crippen molar-refractivity contribution in [2.75, 3.05) is 0 Å². The van der Waals surface area contributed by atoms with Gasteiger partial charge < -0.3 is 5.32 Å². The number of hydrogen-bond acceptors (Lipinski definition) is 2. The van der Waals surface area contributed by atoms with E-state index < -0.39 is 0 Å². The Morgan fingerprint density at radius 2 is 1.86 bits per heavy atom. The first-order valence-electron chi connectivity index (χ1n) is 5.24. The number of amides is 1. The van der Waals surface area contributed by atoms with Gasteiger partial charge in [-0.25, -0.2) is 0 Å². The molecule has 1 N–H and O–H groups in total. The van der Waals surface area contributed by atoms with Crippen LogP contribution in [0.4, 0.5) is 0 Å². The Morgan fingerprint density at radius 3 is 2.21 bits per heavy atom. The van der Waals surface area contributed by atoms with Gasteiger partial charge in [0.1, 0.15) is 5.78 Å². The Bertz CT molecular complexity index is 199. The Kier molecular flexibility index (Phi) is 6.17. The third-order valence-electron chi connectivity index (χ3n) is 2.03. The predicted octanol–water partition coefficient (Wildman–Crippen LogP) is 1.91. The first kappa shape index (κ1) is 13.1. The van der Waals surface area contributed by atoms with Gasteiger partial charge in [0.2, 0.25) is 5.91 Å². The zero-order valence-corrected chi connectivity index (χ0v) is 9.59. The highest BCUT2D eigenvalue weighted by Gasteiger charge is 2.14. The minimum atomic E-state index is -0.0560. The normalized spacial score (nSPS) is 12.6. The van der Waals surface area contributed by atoms with Crippen LogP contribution in [0.15, 0.2) is 0 Å². The van der Waals surface area contributed by atoms with Crippen molar-refractivity contribution in [2.45, 2.75) is 53.0 Å². The van der Waals surface area contributed by atoms with E-state index in [1.165, 1.54) is 6.92 Å². The van der Waals surface area contributed by atoms with E-state index in [9.17, 15) is 9.59 Å². The van der Waals surface area contributed by atoms with E-state index in [0.29, 0.717) is 18.8 Å². The van der Waals surface area contributed by atoms with Gasteiger partial charge in [-0.1, -0.05) is 20.8 Å². The molecular weight excluding hydrogens is 178 g/mol. The molecule has 0 aliphatic carbocycles. The van der Waals surface area contributed by atoms with Gasteiger partial charge in [0.25, 0.3) is 0 Å². The molecule has 0 spiro atoms. The van der Waals surface area contributed by atoms with Crippen molar-refractivity contribution in [3.63, 3.8) is 0 Å². The second kappa shape index (κ2) is 6.57. The largest absolute Gasteiger partial charge is 0.353 e. The molecule has 1 unspecified atom stereocenters. The van der Waals surface area contributed by atoms with E-state index in [-0.39, 0.29) is 17.7 Å². The van der Waals surface area contributed by atoms with Crippen molar-refractivity contribution in [1.29, 1.82) is 0 Å². The van der Waals surface area contributed by atoms with Crippen LogP contribution < -0.4 is 5.32 Å². The van der Waals surface area contributed by atoms with Crippen molar-refractivity contribution in [1.82, 2.24) is 5.32 Å². The van der Waals surface area contributed by atoms with Crippen molar-refractivity contribution >= 4 is 11.7 Å². The SMILES string of the molecule is CCC(=O)CC(CC(C)C)NC(C)=O. The van der Waals surface area contributed by atoms with Crippen LogP contribution in [0.5, 0.6) is 0 Å². The van der Waals surface area contributed by atoms with Crippen LogP contribution in [-0.4, -0.2) is 17.7 Å². The number of Topliss-reactive ketones (excluding diaryl/α,β-unsaturated/α-hetero) is 1. The molecule has 0 aliphatic heterocycles. The van der Waals surface area contributed by atoms with Gasteiger partial charge in [0, 0.05) is 25.8 Å². The highest BCUT2D eigenvalue weighted by molar-refractivity contribution is 5.80. The maximum absolute atomic E-state index is 11.2. The van der Waals surface area contributed by atoms with Crippen molar-refractivity contribution in [2.24, 2.45) is 5.92 Å². The first-order chi connectivity index (χ1) is 6.45. The van der Waals surface area contributed by atoms with Gasteiger partial charge in [-0.2, -0.15) is 0 Å². The van der Waals surface area contributed by atoms with E-state index in [1.54, 1.807) is 0 Å². The predicted molar refractivity (Wildman–Crippen MR) is 57.0 cm³/mol. The summed E-state index contributed by atoms with van der Waals surface area (Å²) >= 11 is 0. The molecule has 1 amide bonds. The lowest BCUT2D eigenvalue weighted by Crippen LogP contribution is -2.35. The van der Waals surface area contributed by atoms with Crippen molar-refractivity contribution in [3.05, 3.63) is 0 Å². The molecular formula is C11H21NO2. The molecule has 0 saturated carbocycles. The number of carbonyl (C=O) groups is 2. The van der Waals surface area contributed by atoms with Gasteiger partial charge in [-0.3, -0.25) is 9.59 Å². The Hall–Kier alpha value is -0.860. The van der Waals surface area contributed by atoms with Crippen LogP contribution in [0.2, 0.25) is 0 Å². The lowest BCUT2D eigenvalue weighted by atomic mass is 9.98. The molecule has 3 heteroatoms. The van der Waals surface area contributed by atoms with E-state index in [1.807, 2.05) is 6.92 Å². The Labute approximate surface area is 86.3 Å². The second-order valence-electron chi connectivity index (χ2n) is 4.12. The van der Waals surface area contributed by atoms with Crippen LogP contribution in [0.25, 0.3) is 0 Å². The summed E-state index contributed by atoms with van der Waals surface area (Å²) in [6.07, 6.45) is 1.88. The Morgan fingerprint density at radius 1 is 1.29 bits per heavy atom. The maximum Gasteiger partial charge on any atom is 0.217 e. The fraction of sp³-hybridized carbons (Fsp3) is 0.818. The number of ketones is 1. The maximum atomic E-state index is 11.2. The molecule has 0 radical (unpaired) electrons. The molecule has 0 aromatic carbocycles. The number of carbonyl (C=O) groups excluding carboxylic acids is 2. The van der Waals surface area contributed by atoms with E-state index >= 15 is 0 Å². The molecule has 1 atom stereocenters. The Balaban J connectivity index is 4.09. The fourth-order valence-corrected chi connectivity index (χ4v) is 1.47. The smallest absolute Gasteiger partial charge is 0.217 e. The first-order valence-corrected chi connectivity index (χ1v) is 5.24. The molecule has 0 aliphatic rings. The van der Waals surface area contributed by atoms with E-state index in [4.69, 9.17) is 0 Å². The second-order valence-corrected chi connectivity index (χ2v) is 4.12.